The average Bonchev–Trinajstić information content (AvgIpc) is 3.17. The second kappa shape index (κ2) is 7.36. The number of anilines is 1. The third kappa shape index (κ3) is 3.41. The molecule has 0 saturated carbocycles. The zero-order valence-electron chi connectivity index (χ0n) is 16.5. The van der Waals surface area contributed by atoms with Crippen LogP contribution in [0, 0.1) is 10.1 Å². The van der Waals surface area contributed by atoms with Gasteiger partial charge in [0.1, 0.15) is 11.2 Å². The van der Waals surface area contributed by atoms with E-state index in [1.54, 1.807) is 18.2 Å². The fourth-order valence-electron chi connectivity index (χ4n) is 3.99. The van der Waals surface area contributed by atoms with E-state index in [4.69, 9.17) is 4.42 Å². The first kappa shape index (κ1) is 19.5. The number of hydrogen-bond acceptors (Lipinski definition) is 6. The zero-order chi connectivity index (χ0) is 21.6. The molecule has 0 amide bonds. The van der Waals surface area contributed by atoms with Gasteiger partial charge in [0, 0.05) is 48.7 Å². The van der Waals surface area contributed by atoms with Gasteiger partial charge in [-0.2, -0.15) is 4.31 Å². The molecule has 1 fully saturated rings. The van der Waals surface area contributed by atoms with Gasteiger partial charge in [-0.25, -0.2) is 8.42 Å². The Hall–Kier alpha value is -3.43. The molecule has 4 aromatic rings. The van der Waals surface area contributed by atoms with Crippen molar-refractivity contribution in [1.82, 2.24) is 4.31 Å². The number of para-hydroxylation sites is 1. The first-order valence-corrected chi connectivity index (χ1v) is 11.3. The molecular weight excluding hydrogens is 418 g/mol. The van der Waals surface area contributed by atoms with Gasteiger partial charge in [-0.1, -0.05) is 18.2 Å². The van der Waals surface area contributed by atoms with E-state index in [1.807, 2.05) is 30.3 Å². The number of sulfonamides is 1. The molecule has 31 heavy (non-hydrogen) atoms. The maximum absolute atomic E-state index is 13.3. The standard InChI is InChI=1S/C22H19N3O5S/c26-25(27)17-6-8-19-20-15-18(7-9-21(20)30-22(19)14-17)31(28,29)24-12-10-23(11-13-24)16-4-2-1-3-5-16/h1-9,14-15H,10-13H2. The number of piperazine rings is 1. The highest BCUT2D eigenvalue weighted by atomic mass is 32.2. The molecule has 8 nitrogen and oxygen atoms in total. The Labute approximate surface area is 178 Å². The summed E-state index contributed by atoms with van der Waals surface area (Å²) in [4.78, 5) is 12.9. The van der Waals surface area contributed by atoms with Gasteiger partial charge in [0.25, 0.3) is 5.69 Å². The van der Waals surface area contributed by atoms with Crippen LogP contribution in [0.4, 0.5) is 11.4 Å². The minimum atomic E-state index is -3.67. The van der Waals surface area contributed by atoms with E-state index in [-0.39, 0.29) is 10.6 Å². The highest BCUT2D eigenvalue weighted by Crippen LogP contribution is 2.33. The maximum atomic E-state index is 13.3. The van der Waals surface area contributed by atoms with E-state index in [0.29, 0.717) is 48.1 Å². The summed E-state index contributed by atoms with van der Waals surface area (Å²) in [6.07, 6.45) is 0. The Kier molecular flexibility index (Phi) is 4.64. The summed E-state index contributed by atoms with van der Waals surface area (Å²) in [7, 11) is -3.67. The normalized spacial score (nSPS) is 15.5. The van der Waals surface area contributed by atoms with Gasteiger partial charge in [0.15, 0.2) is 0 Å². The molecule has 9 heteroatoms. The number of hydrogen-bond donors (Lipinski definition) is 0. The largest absolute Gasteiger partial charge is 0.456 e. The van der Waals surface area contributed by atoms with Crippen molar-refractivity contribution in [3.63, 3.8) is 0 Å². The summed E-state index contributed by atoms with van der Waals surface area (Å²) in [5.74, 6) is 0. The predicted molar refractivity (Wildman–Crippen MR) is 118 cm³/mol. The monoisotopic (exact) mass is 437 g/mol. The van der Waals surface area contributed by atoms with Crippen molar-refractivity contribution in [3.8, 4) is 0 Å². The molecule has 0 bridgehead atoms. The Morgan fingerprint density at radius 1 is 0.839 bits per heavy atom. The highest BCUT2D eigenvalue weighted by Gasteiger charge is 2.29. The van der Waals surface area contributed by atoms with Crippen molar-refractivity contribution >= 4 is 43.3 Å². The number of benzene rings is 3. The fourth-order valence-corrected chi connectivity index (χ4v) is 5.44. The SMILES string of the molecule is O=[N+]([O-])c1ccc2c(c1)oc1ccc(S(=O)(=O)N3CCN(c4ccccc4)CC3)cc12. The van der Waals surface area contributed by atoms with Crippen LogP contribution in [0.1, 0.15) is 0 Å². The molecule has 0 radical (unpaired) electrons. The summed E-state index contributed by atoms with van der Waals surface area (Å²) in [6, 6.07) is 19.0. The Morgan fingerprint density at radius 2 is 1.58 bits per heavy atom. The number of nitro groups is 1. The number of non-ortho nitro benzene ring substituents is 1. The molecule has 1 aliphatic heterocycles. The lowest BCUT2D eigenvalue weighted by molar-refractivity contribution is -0.384. The number of furan rings is 1. The predicted octanol–water partition coefficient (Wildman–Crippen LogP) is 4.01. The molecule has 1 aromatic heterocycles. The van der Waals surface area contributed by atoms with Gasteiger partial charge >= 0.3 is 0 Å². The third-order valence-electron chi connectivity index (χ3n) is 5.63. The van der Waals surface area contributed by atoms with Crippen LogP contribution in [0.15, 0.2) is 76.0 Å². The second-order valence-corrected chi connectivity index (χ2v) is 9.36. The van der Waals surface area contributed by atoms with Gasteiger partial charge in [-0.3, -0.25) is 10.1 Å². The van der Waals surface area contributed by atoms with E-state index in [1.165, 1.54) is 22.5 Å². The number of nitro benzene ring substituents is 1. The van der Waals surface area contributed by atoms with Crippen molar-refractivity contribution in [2.45, 2.75) is 4.90 Å². The molecular formula is C22H19N3O5S. The van der Waals surface area contributed by atoms with Crippen molar-refractivity contribution in [2.75, 3.05) is 31.1 Å². The molecule has 0 atom stereocenters. The zero-order valence-corrected chi connectivity index (χ0v) is 17.3. The molecule has 0 unspecified atom stereocenters. The Bertz CT molecular complexity index is 1390. The van der Waals surface area contributed by atoms with Crippen LogP contribution in [0.3, 0.4) is 0 Å². The van der Waals surface area contributed by atoms with E-state index in [9.17, 15) is 18.5 Å². The molecule has 158 valence electrons. The molecule has 0 aliphatic carbocycles. The third-order valence-corrected chi connectivity index (χ3v) is 7.53. The average molecular weight is 437 g/mol. The lowest BCUT2D eigenvalue weighted by atomic mass is 10.1. The first-order valence-electron chi connectivity index (χ1n) is 9.84. The lowest BCUT2D eigenvalue weighted by Crippen LogP contribution is -2.48. The van der Waals surface area contributed by atoms with Crippen molar-refractivity contribution in [1.29, 1.82) is 0 Å². The summed E-state index contributed by atoms with van der Waals surface area (Å²) in [5.41, 5.74) is 1.86. The molecule has 5 rings (SSSR count). The van der Waals surface area contributed by atoms with Crippen LogP contribution >= 0.6 is 0 Å². The van der Waals surface area contributed by atoms with Gasteiger partial charge in [-0.15, -0.1) is 0 Å². The quantitative estimate of drug-likeness (QED) is 0.354. The Balaban J connectivity index is 1.44. The first-order chi connectivity index (χ1) is 14.9. The second-order valence-electron chi connectivity index (χ2n) is 7.42. The van der Waals surface area contributed by atoms with Crippen molar-refractivity contribution in [3.05, 3.63) is 76.8 Å². The van der Waals surface area contributed by atoms with Crippen LogP contribution in [0.5, 0.6) is 0 Å². The van der Waals surface area contributed by atoms with Crippen LogP contribution in [-0.2, 0) is 10.0 Å². The highest BCUT2D eigenvalue weighted by molar-refractivity contribution is 7.89. The van der Waals surface area contributed by atoms with Gasteiger partial charge in [0.05, 0.1) is 15.9 Å². The summed E-state index contributed by atoms with van der Waals surface area (Å²) in [5, 5.41) is 12.3. The van der Waals surface area contributed by atoms with Crippen LogP contribution in [0.2, 0.25) is 0 Å². The van der Waals surface area contributed by atoms with Crippen molar-refractivity contribution < 1.29 is 17.8 Å². The molecule has 3 aromatic carbocycles. The van der Waals surface area contributed by atoms with Crippen LogP contribution < -0.4 is 4.90 Å². The van der Waals surface area contributed by atoms with Crippen LogP contribution in [-0.4, -0.2) is 43.8 Å². The lowest BCUT2D eigenvalue weighted by Gasteiger charge is -2.35. The molecule has 2 heterocycles. The Morgan fingerprint density at radius 3 is 2.29 bits per heavy atom. The topological polar surface area (TPSA) is 96.9 Å². The summed E-state index contributed by atoms with van der Waals surface area (Å²) < 4.78 is 33.7. The smallest absolute Gasteiger partial charge is 0.273 e. The minimum Gasteiger partial charge on any atom is -0.456 e. The number of rotatable bonds is 4. The van der Waals surface area contributed by atoms with Gasteiger partial charge < -0.3 is 9.32 Å². The van der Waals surface area contributed by atoms with Crippen LogP contribution in [0.25, 0.3) is 21.9 Å². The minimum absolute atomic E-state index is 0.0734. The molecule has 1 saturated heterocycles. The number of nitrogens with zero attached hydrogens (tertiary/aromatic N) is 3. The maximum Gasteiger partial charge on any atom is 0.273 e. The van der Waals surface area contributed by atoms with E-state index in [2.05, 4.69) is 4.90 Å². The van der Waals surface area contributed by atoms with Gasteiger partial charge in [-0.05, 0) is 36.4 Å². The summed E-state index contributed by atoms with van der Waals surface area (Å²) in [6.45, 7) is 2.02. The number of fused-ring (bicyclic) bond motifs is 3. The molecule has 0 N–H and O–H groups in total. The van der Waals surface area contributed by atoms with Gasteiger partial charge in [0.2, 0.25) is 10.0 Å². The van der Waals surface area contributed by atoms with E-state index >= 15 is 0 Å². The summed E-state index contributed by atoms with van der Waals surface area (Å²) >= 11 is 0. The molecule has 1 aliphatic rings. The molecule has 0 spiro atoms. The fraction of sp³-hybridized carbons (Fsp3) is 0.182. The van der Waals surface area contributed by atoms with Crippen molar-refractivity contribution in [2.24, 2.45) is 0 Å². The van der Waals surface area contributed by atoms with E-state index in [0.717, 1.165) is 5.69 Å². The van der Waals surface area contributed by atoms with E-state index < -0.39 is 14.9 Å².